The lowest BCUT2D eigenvalue weighted by Crippen LogP contribution is -2.48. The number of carbonyl (C=O) groups is 1. The summed E-state index contributed by atoms with van der Waals surface area (Å²) in [5.41, 5.74) is 5.47. The van der Waals surface area contributed by atoms with E-state index < -0.39 is 5.63 Å². The zero-order valence-electron chi connectivity index (χ0n) is 11.9. The zero-order chi connectivity index (χ0) is 14.8. The van der Waals surface area contributed by atoms with Gasteiger partial charge in [-0.3, -0.25) is 4.79 Å². The number of hydrogen-bond acceptors (Lipinski definition) is 5. The van der Waals surface area contributed by atoms with Gasteiger partial charge in [0.1, 0.15) is 11.1 Å². The van der Waals surface area contributed by atoms with E-state index in [0.717, 1.165) is 5.39 Å². The Hall–Kier alpha value is -1.89. The first-order valence-corrected chi connectivity index (χ1v) is 6.83. The summed E-state index contributed by atoms with van der Waals surface area (Å²) in [5.74, 6) is -0.337. The molecule has 22 heavy (non-hydrogen) atoms. The van der Waals surface area contributed by atoms with Gasteiger partial charge in [-0.15, -0.1) is 12.4 Å². The van der Waals surface area contributed by atoms with Crippen LogP contribution in [0.25, 0.3) is 11.0 Å². The Morgan fingerprint density at radius 2 is 2.14 bits per heavy atom. The molecule has 118 valence electrons. The number of amides is 1. The summed E-state index contributed by atoms with van der Waals surface area (Å²) in [4.78, 5) is 26.1. The lowest BCUT2D eigenvalue weighted by Gasteiger charge is -2.32. The highest BCUT2D eigenvalue weighted by atomic mass is 35.5. The van der Waals surface area contributed by atoms with Crippen LogP contribution in [0.15, 0.2) is 39.5 Å². The van der Waals surface area contributed by atoms with E-state index in [9.17, 15) is 9.59 Å². The smallest absolute Gasteiger partial charge is 0.349 e. The van der Waals surface area contributed by atoms with Crippen LogP contribution >= 0.6 is 12.4 Å². The Morgan fingerprint density at radius 3 is 2.91 bits per heavy atom. The first-order valence-electron chi connectivity index (χ1n) is 6.83. The molecule has 0 bridgehead atoms. The van der Waals surface area contributed by atoms with Crippen LogP contribution < -0.4 is 11.4 Å². The van der Waals surface area contributed by atoms with Gasteiger partial charge in [-0.05, 0) is 12.1 Å². The van der Waals surface area contributed by atoms with Gasteiger partial charge >= 0.3 is 5.63 Å². The molecule has 1 saturated heterocycles. The summed E-state index contributed by atoms with van der Waals surface area (Å²) in [6.07, 6.45) is -0.185. The van der Waals surface area contributed by atoms with Crippen LogP contribution in [-0.4, -0.2) is 43.2 Å². The van der Waals surface area contributed by atoms with Crippen LogP contribution in [0.3, 0.4) is 0 Å². The Morgan fingerprint density at radius 1 is 1.36 bits per heavy atom. The van der Waals surface area contributed by atoms with E-state index in [1.54, 1.807) is 29.2 Å². The number of nitrogens with two attached hydrogens (primary N) is 1. The third-order valence-corrected chi connectivity index (χ3v) is 3.56. The molecule has 0 aliphatic carbocycles. The van der Waals surface area contributed by atoms with E-state index in [1.165, 1.54) is 0 Å². The summed E-state index contributed by atoms with van der Waals surface area (Å²) in [5, 5.41) is 0.726. The van der Waals surface area contributed by atoms with E-state index in [4.69, 9.17) is 14.9 Å². The van der Waals surface area contributed by atoms with Crippen molar-refractivity contribution in [3.8, 4) is 0 Å². The monoisotopic (exact) mass is 324 g/mol. The number of para-hydroxylation sites is 1. The van der Waals surface area contributed by atoms with Gasteiger partial charge in [0, 0.05) is 25.0 Å². The fraction of sp³-hybridized carbons (Fsp3) is 0.333. The predicted octanol–water partition coefficient (Wildman–Crippen LogP) is 1.01. The van der Waals surface area contributed by atoms with Gasteiger partial charge in [-0.1, -0.05) is 18.2 Å². The van der Waals surface area contributed by atoms with Crippen molar-refractivity contribution in [2.75, 3.05) is 26.2 Å². The van der Waals surface area contributed by atoms with Crippen molar-refractivity contribution in [1.82, 2.24) is 4.90 Å². The molecule has 3 rings (SSSR count). The van der Waals surface area contributed by atoms with Crippen molar-refractivity contribution in [2.45, 2.75) is 6.10 Å². The standard InChI is InChI=1S/C15H16N2O4.ClH/c16-8-11-9-17(5-6-20-11)14(18)12-7-10-3-1-2-4-13(10)21-15(12)19;/h1-4,7,11H,5-6,8-9,16H2;1H. The predicted molar refractivity (Wildman–Crippen MR) is 84.4 cm³/mol. The summed E-state index contributed by atoms with van der Waals surface area (Å²) < 4.78 is 10.6. The highest BCUT2D eigenvalue weighted by molar-refractivity contribution is 5.96. The van der Waals surface area contributed by atoms with Crippen molar-refractivity contribution in [2.24, 2.45) is 5.73 Å². The van der Waals surface area contributed by atoms with Gasteiger partial charge < -0.3 is 19.8 Å². The molecule has 7 heteroatoms. The molecule has 1 amide bonds. The number of ether oxygens (including phenoxy) is 1. The molecule has 1 aliphatic rings. The highest BCUT2D eigenvalue weighted by Crippen LogP contribution is 2.15. The molecule has 2 heterocycles. The van der Waals surface area contributed by atoms with Crippen LogP contribution in [-0.2, 0) is 4.74 Å². The van der Waals surface area contributed by atoms with Crippen LogP contribution in [0.2, 0.25) is 0 Å². The number of morpholine rings is 1. The van der Waals surface area contributed by atoms with Gasteiger partial charge in [-0.2, -0.15) is 0 Å². The molecule has 0 saturated carbocycles. The maximum absolute atomic E-state index is 12.5. The first kappa shape index (κ1) is 16.5. The Kier molecular flexibility index (Phi) is 5.18. The fourth-order valence-electron chi connectivity index (χ4n) is 2.43. The lowest BCUT2D eigenvalue weighted by molar-refractivity contribution is -0.0168. The topological polar surface area (TPSA) is 85.8 Å². The average molecular weight is 325 g/mol. The number of benzene rings is 1. The van der Waals surface area contributed by atoms with Crippen LogP contribution in [0, 0.1) is 0 Å². The second-order valence-electron chi connectivity index (χ2n) is 4.97. The molecule has 0 radical (unpaired) electrons. The molecule has 1 unspecified atom stereocenters. The quantitative estimate of drug-likeness (QED) is 0.833. The van der Waals surface area contributed by atoms with Crippen LogP contribution in [0.4, 0.5) is 0 Å². The van der Waals surface area contributed by atoms with Crippen molar-refractivity contribution in [3.63, 3.8) is 0 Å². The van der Waals surface area contributed by atoms with Gasteiger partial charge in [0.05, 0.1) is 12.7 Å². The summed E-state index contributed by atoms with van der Waals surface area (Å²) in [7, 11) is 0. The SMILES string of the molecule is Cl.NCC1CN(C(=O)c2cc3ccccc3oc2=O)CCO1. The van der Waals surface area contributed by atoms with E-state index in [0.29, 0.717) is 31.8 Å². The number of hydrogen-bond donors (Lipinski definition) is 1. The molecule has 2 N–H and O–H groups in total. The second-order valence-corrected chi connectivity index (χ2v) is 4.97. The average Bonchev–Trinajstić information content (AvgIpc) is 2.53. The number of carbonyl (C=O) groups excluding carboxylic acids is 1. The third kappa shape index (κ3) is 3.14. The molecule has 1 aliphatic heterocycles. The number of rotatable bonds is 2. The molecule has 2 aromatic rings. The van der Waals surface area contributed by atoms with E-state index in [1.807, 2.05) is 6.07 Å². The van der Waals surface area contributed by atoms with Crippen molar-refractivity contribution in [3.05, 3.63) is 46.3 Å². The fourth-order valence-corrected chi connectivity index (χ4v) is 2.43. The minimum atomic E-state index is -0.616. The molecule has 6 nitrogen and oxygen atoms in total. The Labute approximate surface area is 133 Å². The molecule has 1 aromatic carbocycles. The lowest BCUT2D eigenvalue weighted by atomic mass is 10.1. The highest BCUT2D eigenvalue weighted by Gasteiger charge is 2.26. The second kappa shape index (κ2) is 6.91. The van der Waals surface area contributed by atoms with Gasteiger partial charge in [0.2, 0.25) is 0 Å². The third-order valence-electron chi connectivity index (χ3n) is 3.56. The van der Waals surface area contributed by atoms with Crippen LogP contribution in [0.5, 0.6) is 0 Å². The Balaban J connectivity index is 0.00000176. The van der Waals surface area contributed by atoms with Crippen molar-refractivity contribution in [1.29, 1.82) is 0 Å². The number of halogens is 1. The maximum atomic E-state index is 12.5. The maximum Gasteiger partial charge on any atom is 0.349 e. The van der Waals surface area contributed by atoms with Gasteiger partial charge in [0.15, 0.2) is 0 Å². The molecule has 1 fully saturated rings. The van der Waals surface area contributed by atoms with Crippen LogP contribution in [0.1, 0.15) is 10.4 Å². The van der Waals surface area contributed by atoms with E-state index >= 15 is 0 Å². The summed E-state index contributed by atoms with van der Waals surface area (Å²) in [6, 6.07) is 8.69. The van der Waals surface area contributed by atoms with Gasteiger partial charge in [0.25, 0.3) is 5.91 Å². The molecule has 1 atom stereocenters. The van der Waals surface area contributed by atoms with Gasteiger partial charge in [-0.25, -0.2) is 4.79 Å². The van der Waals surface area contributed by atoms with E-state index in [-0.39, 0.29) is 30.0 Å². The zero-order valence-corrected chi connectivity index (χ0v) is 12.7. The van der Waals surface area contributed by atoms with E-state index in [2.05, 4.69) is 0 Å². The number of fused-ring (bicyclic) bond motifs is 1. The first-order chi connectivity index (χ1) is 10.2. The molecule has 1 aromatic heterocycles. The number of nitrogens with zero attached hydrogens (tertiary/aromatic N) is 1. The van der Waals surface area contributed by atoms with Crippen molar-refractivity contribution >= 4 is 29.3 Å². The molecule has 0 spiro atoms. The minimum Gasteiger partial charge on any atom is -0.422 e. The largest absolute Gasteiger partial charge is 0.422 e. The minimum absolute atomic E-state index is 0. The van der Waals surface area contributed by atoms with Crippen molar-refractivity contribution < 1.29 is 13.9 Å². The Bertz CT molecular complexity index is 731. The summed E-state index contributed by atoms with van der Waals surface area (Å²) >= 11 is 0. The molecular weight excluding hydrogens is 308 g/mol. The molecular formula is C15H17ClN2O4. The summed E-state index contributed by atoms with van der Waals surface area (Å²) in [6.45, 7) is 1.60. The normalized spacial score (nSPS) is 18.0.